The van der Waals surface area contributed by atoms with Crippen molar-refractivity contribution >= 4 is 0 Å². The topological polar surface area (TPSA) is 38.5 Å². The number of hydrogen-bond donors (Lipinski definition) is 1. The molecular formula is C14H28N2O. The fraction of sp³-hybridized carbons (Fsp3) is 1.00. The lowest BCUT2D eigenvalue weighted by molar-refractivity contribution is -0.0116. The maximum absolute atomic E-state index is 6.33. The summed E-state index contributed by atoms with van der Waals surface area (Å²) in [7, 11) is 0. The van der Waals surface area contributed by atoms with Crippen LogP contribution in [0.5, 0.6) is 0 Å². The highest BCUT2D eigenvalue weighted by Crippen LogP contribution is 2.39. The molecule has 2 rings (SSSR count). The van der Waals surface area contributed by atoms with Gasteiger partial charge in [-0.05, 0) is 30.6 Å². The molecule has 3 nitrogen and oxygen atoms in total. The van der Waals surface area contributed by atoms with E-state index < -0.39 is 0 Å². The van der Waals surface area contributed by atoms with Crippen molar-refractivity contribution in [2.24, 2.45) is 17.1 Å². The molecule has 2 fully saturated rings. The van der Waals surface area contributed by atoms with Gasteiger partial charge in [0, 0.05) is 25.2 Å². The van der Waals surface area contributed by atoms with Crippen molar-refractivity contribution in [3.63, 3.8) is 0 Å². The Kier molecular flexibility index (Phi) is 4.11. The van der Waals surface area contributed by atoms with Crippen molar-refractivity contribution in [3.8, 4) is 0 Å². The van der Waals surface area contributed by atoms with Gasteiger partial charge in [0.05, 0.1) is 13.2 Å². The molecule has 0 spiro atoms. The van der Waals surface area contributed by atoms with Gasteiger partial charge in [-0.2, -0.15) is 0 Å². The number of morpholine rings is 1. The number of nitrogens with two attached hydrogens (primary N) is 1. The van der Waals surface area contributed by atoms with Crippen LogP contribution in [0.1, 0.15) is 40.0 Å². The van der Waals surface area contributed by atoms with E-state index in [2.05, 4.69) is 25.7 Å². The van der Waals surface area contributed by atoms with Gasteiger partial charge in [-0.25, -0.2) is 0 Å². The molecule has 1 aliphatic heterocycles. The van der Waals surface area contributed by atoms with Gasteiger partial charge in [-0.1, -0.05) is 20.8 Å². The molecule has 100 valence electrons. The summed E-state index contributed by atoms with van der Waals surface area (Å²) in [5.41, 5.74) is 6.75. The van der Waals surface area contributed by atoms with Gasteiger partial charge in [0.2, 0.25) is 0 Å². The average Bonchev–Trinajstić information content (AvgIpc) is 2.29. The smallest absolute Gasteiger partial charge is 0.0594 e. The van der Waals surface area contributed by atoms with Crippen LogP contribution in [0.2, 0.25) is 0 Å². The minimum absolute atomic E-state index is 0.367. The highest BCUT2D eigenvalue weighted by atomic mass is 16.5. The summed E-state index contributed by atoms with van der Waals surface area (Å²) in [4.78, 5) is 2.56. The van der Waals surface area contributed by atoms with Crippen molar-refractivity contribution < 1.29 is 4.74 Å². The van der Waals surface area contributed by atoms with Crippen molar-refractivity contribution in [1.29, 1.82) is 0 Å². The van der Waals surface area contributed by atoms with E-state index in [9.17, 15) is 0 Å². The molecule has 2 N–H and O–H groups in total. The van der Waals surface area contributed by atoms with Gasteiger partial charge in [-0.15, -0.1) is 0 Å². The lowest BCUT2D eigenvalue weighted by atomic mass is 9.69. The van der Waals surface area contributed by atoms with Crippen LogP contribution in [0, 0.1) is 11.3 Å². The van der Waals surface area contributed by atoms with E-state index in [1.807, 2.05) is 0 Å². The second-order valence-electron chi connectivity index (χ2n) is 6.76. The second-order valence-corrected chi connectivity index (χ2v) is 6.76. The molecule has 0 bridgehead atoms. The summed E-state index contributed by atoms with van der Waals surface area (Å²) in [6.07, 6.45) is 3.75. The fourth-order valence-corrected chi connectivity index (χ4v) is 3.29. The Bertz CT molecular complexity index is 243. The first-order valence-electron chi connectivity index (χ1n) is 7.06. The molecule has 0 amide bonds. The maximum atomic E-state index is 6.33. The summed E-state index contributed by atoms with van der Waals surface area (Å²) in [5, 5.41) is 0. The van der Waals surface area contributed by atoms with Crippen LogP contribution < -0.4 is 5.73 Å². The molecule has 0 aromatic carbocycles. The van der Waals surface area contributed by atoms with Gasteiger partial charge in [0.1, 0.15) is 0 Å². The Morgan fingerprint density at radius 1 is 1.12 bits per heavy atom. The van der Waals surface area contributed by atoms with E-state index in [4.69, 9.17) is 10.5 Å². The molecule has 0 aromatic heterocycles. The molecule has 17 heavy (non-hydrogen) atoms. The van der Waals surface area contributed by atoms with Crippen LogP contribution in [0.3, 0.4) is 0 Å². The predicted octanol–water partition coefficient (Wildman–Crippen LogP) is 1.86. The minimum Gasteiger partial charge on any atom is -0.379 e. The standard InChI is InChI=1S/C14H28N2O/c1-14(2,3)11-4-5-12(15)13(10-11)16-6-8-17-9-7-16/h11-13H,4-10,15H2,1-3H3. The lowest BCUT2D eigenvalue weighted by Gasteiger charge is -2.46. The third kappa shape index (κ3) is 3.21. The van der Waals surface area contributed by atoms with Crippen molar-refractivity contribution in [2.45, 2.75) is 52.1 Å². The van der Waals surface area contributed by atoms with Crippen LogP contribution >= 0.6 is 0 Å². The molecule has 3 heteroatoms. The Hall–Kier alpha value is -0.120. The molecule has 0 radical (unpaired) electrons. The molecule has 1 saturated heterocycles. The zero-order valence-electron chi connectivity index (χ0n) is 11.6. The summed E-state index contributed by atoms with van der Waals surface area (Å²) >= 11 is 0. The van der Waals surface area contributed by atoms with Gasteiger partial charge >= 0.3 is 0 Å². The average molecular weight is 240 g/mol. The lowest BCUT2D eigenvalue weighted by Crippen LogP contribution is -2.55. The summed E-state index contributed by atoms with van der Waals surface area (Å²) in [5.74, 6) is 0.815. The van der Waals surface area contributed by atoms with Crippen LogP contribution in [0.4, 0.5) is 0 Å². The van der Waals surface area contributed by atoms with Gasteiger partial charge in [-0.3, -0.25) is 4.90 Å². The number of ether oxygens (including phenoxy) is 1. The normalized spacial score (nSPS) is 37.1. The Labute approximate surface area is 106 Å². The quantitative estimate of drug-likeness (QED) is 0.760. The molecule has 0 aromatic rings. The van der Waals surface area contributed by atoms with Crippen molar-refractivity contribution in [2.75, 3.05) is 26.3 Å². The highest BCUT2D eigenvalue weighted by molar-refractivity contribution is 4.93. The minimum atomic E-state index is 0.367. The maximum Gasteiger partial charge on any atom is 0.0594 e. The molecular weight excluding hydrogens is 212 g/mol. The summed E-state index contributed by atoms with van der Waals surface area (Å²) < 4.78 is 5.44. The first-order chi connectivity index (χ1) is 7.98. The van der Waals surface area contributed by atoms with Crippen LogP contribution in [-0.2, 0) is 4.74 Å². The third-order valence-electron chi connectivity index (χ3n) is 4.61. The SMILES string of the molecule is CC(C)(C)C1CCC(N)C(N2CCOCC2)C1. The van der Waals surface area contributed by atoms with Crippen LogP contribution in [0.15, 0.2) is 0 Å². The Morgan fingerprint density at radius 3 is 2.35 bits per heavy atom. The largest absolute Gasteiger partial charge is 0.379 e. The van der Waals surface area contributed by atoms with Crippen molar-refractivity contribution in [3.05, 3.63) is 0 Å². The predicted molar refractivity (Wildman–Crippen MR) is 71.0 cm³/mol. The van der Waals surface area contributed by atoms with E-state index in [0.29, 0.717) is 17.5 Å². The van der Waals surface area contributed by atoms with Gasteiger partial charge < -0.3 is 10.5 Å². The van der Waals surface area contributed by atoms with E-state index in [0.717, 1.165) is 32.2 Å². The molecule has 1 saturated carbocycles. The van der Waals surface area contributed by atoms with E-state index in [-0.39, 0.29) is 0 Å². The summed E-state index contributed by atoms with van der Waals surface area (Å²) in [6, 6.07) is 0.948. The summed E-state index contributed by atoms with van der Waals surface area (Å²) in [6.45, 7) is 11.0. The van der Waals surface area contributed by atoms with E-state index in [1.165, 1.54) is 19.3 Å². The van der Waals surface area contributed by atoms with Gasteiger partial charge in [0.25, 0.3) is 0 Å². The monoisotopic (exact) mass is 240 g/mol. The first kappa shape index (κ1) is 13.3. The second kappa shape index (κ2) is 5.25. The molecule has 3 atom stereocenters. The number of rotatable bonds is 1. The van der Waals surface area contributed by atoms with Crippen LogP contribution in [0.25, 0.3) is 0 Å². The van der Waals surface area contributed by atoms with Gasteiger partial charge in [0.15, 0.2) is 0 Å². The fourth-order valence-electron chi connectivity index (χ4n) is 3.29. The van der Waals surface area contributed by atoms with Crippen molar-refractivity contribution in [1.82, 2.24) is 4.90 Å². The van der Waals surface area contributed by atoms with E-state index in [1.54, 1.807) is 0 Å². The van der Waals surface area contributed by atoms with Crippen LogP contribution in [-0.4, -0.2) is 43.3 Å². The highest BCUT2D eigenvalue weighted by Gasteiger charge is 2.37. The number of nitrogens with zero attached hydrogens (tertiary/aromatic N) is 1. The zero-order chi connectivity index (χ0) is 12.5. The van der Waals surface area contributed by atoms with E-state index >= 15 is 0 Å². The first-order valence-corrected chi connectivity index (χ1v) is 7.06. The Morgan fingerprint density at radius 2 is 1.76 bits per heavy atom. The third-order valence-corrected chi connectivity index (χ3v) is 4.61. The zero-order valence-corrected chi connectivity index (χ0v) is 11.6. The molecule has 3 unspecified atom stereocenters. The Balaban J connectivity index is 1.99. The molecule has 2 aliphatic rings. The molecule has 1 aliphatic carbocycles. The molecule has 1 heterocycles. The number of hydrogen-bond acceptors (Lipinski definition) is 3.